The monoisotopic (exact) mass is 252 g/mol. The molecule has 3 N–H and O–H groups in total. The zero-order valence-electron chi connectivity index (χ0n) is 10.3. The Morgan fingerprint density at radius 1 is 1.56 bits per heavy atom. The maximum Gasteiger partial charge on any atom is 0.240 e. The number of hydrogen-bond donors (Lipinski definition) is 2. The van der Waals surface area contributed by atoms with Crippen LogP contribution in [0.25, 0.3) is 0 Å². The van der Waals surface area contributed by atoms with Crippen molar-refractivity contribution >= 4 is 5.91 Å². The van der Waals surface area contributed by atoms with E-state index in [9.17, 15) is 9.18 Å². The summed E-state index contributed by atoms with van der Waals surface area (Å²) in [6.45, 7) is 2.08. The maximum absolute atomic E-state index is 13.3. The van der Waals surface area contributed by atoms with Gasteiger partial charge in [0.1, 0.15) is 6.10 Å². The number of nitrogens with one attached hydrogen (secondary N) is 1. The molecule has 0 aliphatic heterocycles. The van der Waals surface area contributed by atoms with Crippen molar-refractivity contribution in [2.45, 2.75) is 31.4 Å². The number of ether oxygens (including phenoxy) is 1. The van der Waals surface area contributed by atoms with Gasteiger partial charge in [0, 0.05) is 0 Å². The van der Waals surface area contributed by atoms with Crippen LogP contribution >= 0.6 is 0 Å². The number of carbonyl (C=O) groups excluding carboxylic acids is 1. The second-order valence-corrected chi connectivity index (χ2v) is 4.73. The summed E-state index contributed by atoms with van der Waals surface area (Å²) in [6, 6.07) is 6.18. The second kappa shape index (κ2) is 4.94. The smallest absolute Gasteiger partial charge is 0.240 e. The Labute approximate surface area is 105 Å². The van der Waals surface area contributed by atoms with Crippen molar-refractivity contribution in [2.24, 2.45) is 5.73 Å². The van der Waals surface area contributed by atoms with Gasteiger partial charge < -0.3 is 15.8 Å². The summed E-state index contributed by atoms with van der Waals surface area (Å²) < 4.78 is 18.7. The van der Waals surface area contributed by atoms with Crippen molar-refractivity contribution in [1.82, 2.24) is 5.32 Å². The molecule has 1 aromatic carbocycles. The van der Waals surface area contributed by atoms with Gasteiger partial charge in [0.15, 0.2) is 11.6 Å². The highest BCUT2D eigenvalue weighted by atomic mass is 19.1. The topological polar surface area (TPSA) is 64.4 Å². The molecule has 2 rings (SSSR count). The molecule has 0 saturated heterocycles. The summed E-state index contributed by atoms with van der Waals surface area (Å²) in [5.74, 6) is -0.382. The lowest BCUT2D eigenvalue weighted by Gasteiger charge is -2.17. The summed E-state index contributed by atoms with van der Waals surface area (Å²) >= 11 is 0. The molecular formula is C13H17FN2O2. The molecule has 18 heavy (non-hydrogen) atoms. The van der Waals surface area contributed by atoms with E-state index in [1.54, 1.807) is 25.1 Å². The van der Waals surface area contributed by atoms with Crippen molar-refractivity contribution in [1.29, 1.82) is 0 Å². The summed E-state index contributed by atoms with van der Waals surface area (Å²) in [5.41, 5.74) is 5.06. The lowest BCUT2D eigenvalue weighted by Crippen LogP contribution is -2.45. The fraction of sp³-hybridized carbons (Fsp3) is 0.462. The van der Waals surface area contributed by atoms with Crippen LogP contribution in [0.4, 0.5) is 4.39 Å². The van der Waals surface area contributed by atoms with Gasteiger partial charge >= 0.3 is 0 Å². The Balaban J connectivity index is 1.80. The predicted octanol–water partition coefficient (Wildman–Crippen LogP) is 1.20. The number of hydrogen-bond acceptors (Lipinski definition) is 3. The molecule has 1 aliphatic rings. The van der Waals surface area contributed by atoms with Crippen molar-refractivity contribution in [3.63, 3.8) is 0 Å². The van der Waals surface area contributed by atoms with Gasteiger partial charge in [0.2, 0.25) is 5.91 Å². The van der Waals surface area contributed by atoms with Gasteiger partial charge in [0.05, 0.1) is 12.1 Å². The summed E-state index contributed by atoms with van der Waals surface area (Å²) in [5, 5.41) is 2.71. The normalized spacial score (nSPS) is 17.9. The first-order valence-corrected chi connectivity index (χ1v) is 6.00. The molecule has 5 heteroatoms. The average Bonchev–Trinajstić information content (AvgIpc) is 3.09. The Kier molecular flexibility index (Phi) is 3.52. The molecule has 1 fully saturated rings. The number of carbonyl (C=O) groups is 1. The summed E-state index contributed by atoms with van der Waals surface area (Å²) in [7, 11) is 0. The molecule has 1 saturated carbocycles. The van der Waals surface area contributed by atoms with E-state index in [1.165, 1.54) is 6.07 Å². The number of nitrogens with two attached hydrogens (primary N) is 1. The van der Waals surface area contributed by atoms with E-state index in [-0.39, 0.29) is 17.8 Å². The fourth-order valence-corrected chi connectivity index (χ4v) is 1.57. The predicted molar refractivity (Wildman–Crippen MR) is 65.7 cm³/mol. The largest absolute Gasteiger partial charge is 0.486 e. The van der Waals surface area contributed by atoms with Gasteiger partial charge in [-0.15, -0.1) is 0 Å². The minimum absolute atomic E-state index is 0.161. The van der Waals surface area contributed by atoms with Crippen LogP contribution in [0, 0.1) is 5.82 Å². The van der Waals surface area contributed by atoms with Gasteiger partial charge in [-0.3, -0.25) is 4.79 Å². The molecule has 98 valence electrons. The summed E-state index contributed by atoms with van der Waals surface area (Å²) in [6.07, 6.45) is 1.14. The molecule has 0 spiro atoms. The fourth-order valence-electron chi connectivity index (χ4n) is 1.57. The Morgan fingerprint density at radius 3 is 2.83 bits per heavy atom. The number of para-hydroxylation sites is 1. The summed E-state index contributed by atoms with van der Waals surface area (Å²) in [4.78, 5) is 11.6. The van der Waals surface area contributed by atoms with Gasteiger partial charge in [-0.25, -0.2) is 4.39 Å². The van der Waals surface area contributed by atoms with Crippen LogP contribution in [-0.2, 0) is 4.79 Å². The van der Waals surface area contributed by atoms with Crippen LogP contribution in [0.2, 0.25) is 0 Å². The Morgan fingerprint density at radius 2 is 2.22 bits per heavy atom. The standard InChI is InChI=1S/C13H17FN2O2/c1-9(8-16-12(17)13(15)6-7-13)18-11-5-3-2-4-10(11)14/h2-5,9H,6-8,15H2,1H3,(H,16,17). The first-order valence-electron chi connectivity index (χ1n) is 6.00. The molecule has 1 atom stereocenters. The number of benzene rings is 1. The third-order valence-electron chi connectivity index (χ3n) is 2.96. The molecule has 1 aromatic rings. The van der Waals surface area contributed by atoms with E-state index in [1.807, 2.05) is 0 Å². The SMILES string of the molecule is CC(CNC(=O)C1(N)CC1)Oc1ccccc1F. The van der Waals surface area contributed by atoms with Crippen molar-refractivity contribution < 1.29 is 13.9 Å². The lowest BCUT2D eigenvalue weighted by atomic mass is 10.2. The third-order valence-corrected chi connectivity index (χ3v) is 2.96. The van der Waals surface area contributed by atoms with Crippen molar-refractivity contribution in [2.75, 3.05) is 6.54 Å². The molecule has 0 aromatic heterocycles. The number of amides is 1. The van der Waals surface area contributed by atoms with Gasteiger partial charge in [-0.05, 0) is 31.9 Å². The van der Waals surface area contributed by atoms with E-state index >= 15 is 0 Å². The average molecular weight is 252 g/mol. The molecule has 0 radical (unpaired) electrons. The highest BCUT2D eigenvalue weighted by Gasteiger charge is 2.45. The Bertz CT molecular complexity index is 446. The van der Waals surface area contributed by atoms with Crippen LogP contribution in [0.15, 0.2) is 24.3 Å². The lowest BCUT2D eigenvalue weighted by molar-refractivity contribution is -0.123. The highest BCUT2D eigenvalue weighted by Crippen LogP contribution is 2.32. The van der Waals surface area contributed by atoms with Gasteiger partial charge in [-0.1, -0.05) is 12.1 Å². The zero-order chi connectivity index (χ0) is 13.2. The number of halogens is 1. The molecule has 4 nitrogen and oxygen atoms in total. The van der Waals surface area contributed by atoms with E-state index in [0.29, 0.717) is 6.54 Å². The molecule has 0 bridgehead atoms. The minimum atomic E-state index is -0.683. The van der Waals surface area contributed by atoms with Crippen molar-refractivity contribution in [3.05, 3.63) is 30.1 Å². The number of rotatable bonds is 5. The van der Waals surface area contributed by atoms with E-state index in [2.05, 4.69) is 5.32 Å². The molecule has 1 amide bonds. The Hall–Kier alpha value is -1.62. The minimum Gasteiger partial charge on any atom is -0.486 e. The maximum atomic E-state index is 13.3. The van der Waals surface area contributed by atoms with Gasteiger partial charge in [0.25, 0.3) is 0 Å². The van der Waals surface area contributed by atoms with Gasteiger partial charge in [-0.2, -0.15) is 0 Å². The first kappa shape index (κ1) is 12.8. The van der Waals surface area contributed by atoms with E-state index < -0.39 is 11.4 Å². The van der Waals surface area contributed by atoms with Crippen LogP contribution in [0.1, 0.15) is 19.8 Å². The van der Waals surface area contributed by atoms with E-state index in [0.717, 1.165) is 12.8 Å². The van der Waals surface area contributed by atoms with Crippen LogP contribution < -0.4 is 15.8 Å². The third kappa shape index (κ3) is 2.98. The second-order valence-electron chi connectivity index (χ2n) is 4.73. The van der Waals surface area contributed by atoms with Crippen LogP contribution in [0.3, 0.4) is 0 Å². The zero-order valence-corrected chi connectivity index (χ0v) is 10.3. The molecule has 1 aliphatic carbocycles. The molecule has 1 unspecified atom stereocenters. The first-order chi connectivity index (χ1) is 8.51. The highest BCUT2D eigenvalue weighted by molar-refractivity contribution is 5.88. The quantitative estimate of drug-likeness (QED) is 0.827. The van der Waals surface area contributed by atoms with Crippen LogP contribution in [-0.4, -0.2) is 24.1 Å². The van der Waals surface area contributed by atoms with E-state index in [4.69, 9.17) is 10.5 Å². The van der Waals surface area contributed by atoms with Crippen LogP contribution in [0.5, 0.6) is 5.75 Å². The molecule has 0 heterocycles. The molecular weight excluding hydrogens is 235 g/mol. The van der Waals surface area contributed by atoms with Crippen molar-refractivity contribution in [3.8, 4) is 5.75 Å².